The lowest BCUT2D eigenvalue weighted by Crippen LogP contribution is -2.22. The monoisotopic (exact) mass is 299 g/mol. The molecule has 1 atom stereocenters. The van der Waals surface area contributed by atoms with E-state index in [1.165, 1.54) is 5.56 Å². The lowest BCUT2D eigenvalue weighted by atomic mass is 9.96. The maximum atomic E-state index is 12.1. The number of aryl methyl sites for hydroxylation is 2. The highest BCUT2D eigenvalue weighted by Crippen LogP contribution is 2.31. The number of nitrogens with one attached hydrogen (secondary N) is 1. The first-order chi connectivity index (χ1) is 10.1. The fourth-order valence-electron chi connectivity index (χ4n) is 2.78. The molecule has 1 N–H and O–H groups in total. The molecule has 3 rings (SSSR count). The number of fused-ring (bicyclic) bond motifs is 1. The highest BCUT2D eigenvalue weighted by atomic mass is 35.5. The molecule has 0 aromatic heterocycles. The van der Waals surface area contributed by atoms with Crippen LogP contribution in [0.25, 0.3) is 0 Å². The predicted octanol–water partition coefficient (Wildman–Crippen LogP) is 4.00. The van der Waals surface area contributed by atoms with Crippen molar-refractivity contribution in [2.24, 2.45) is 0 Å². The van der Waals surface area contributed by atoms with Crippen molar-refractivity contribution in [2.45, 2.75) is 25.1 Å². The molecule has 0 radical (unpaired) electrons. The lowest BCUT2D eigenvalue weighted by molar-refractivity contribution is 0.0956. The molecular weight excluding hydrogens is 282 g/mol. The summed E-state index contributed by atoms with van der Waals surface area (Å²) in [6.07, 6.45) is 1.92. The van der Waals surface area contributed by atoms with E-state index in [9.17, 15) is 4.79 Å². The molecule has 2 aromatic rings. The number of rotatable bonds is 2. The molecular formula is C18H18ClNO. The second kappa shape index (κ2) is 5.90. The minimum absolute atomic E-state index is 0.0115. The Morgan fingerprint density at radius 3 is 2.76 bits per heavy atom. The second-order valence-electron chi connectivity index (χ2n) is 5.55. The quantitative estimate of drug-likeness (QED) is 0.834. The molecule has 2 nitrogen and oxygen atoms in total. The third kappa shape index (κ3) is 2.96. The van der Waals surface area contributed by atoms with E-state index in [-0.39, 0.29) is 11.3 Å². The first-order valence-corrected chi connectivity index (χ1v) is 7.70. The largest absolute Gasteiger partial charge is 0.352 e. The number of benzene rings is 2. The fourth-order valence-corrected chi connectivity index (χ4v) is 3.05. The molecule has 0 fully saturated rings. The Morgan fingerprint density at radius 2 is 1.95 bits per heavy atom. The zero-order valence-electron chi connectivity index (χ0n) is 12.0. The van der Waals surface area contributed by atoms with Crippen molar-refractivity contribution in [1.29, 1.82) is 0 Å². The average Bonchev–Trinajstić information content (AvgIpc) is 2.68. The standard InChI is InChI=1S/C18H18ClNO/c1-12-4-2-5-14(10-12)17(19)15-8-7-13-6-3-9-20-18(21)16(13)11-15/h2,4-5,7-8,10-11,17H,3,6,9H2,1H3,(H,20,21). The summed E-state index contributed by atoms with van der Waals surface area (Å²) in [6, 6.07) is 14.2. The maximum Gasteiger partial charge on any atom is 0.251 e. The molecule has 0 spiro atoms. The summed E-state index contributed by atoms with van der Waals surface area (Å²) in [5, 5.41) is 2.70. The molecule has 1 heterocycles. The molecule has 3 heteroatoms. The van der Waals surface area contributed by atoms with Gasteiger partial charge in [-0.3, -0.25) is 4.79 Å². The van der Waals surface area contributed by atoms with Crippen LogP contribution in [0.5, 0.6) is 0 Å². The van der Waals surface area contributed by atoms with Gasteiger partial charge in [0.2, 0.25) is 0 Å². The van der Waals surface area contributed by atoms with Crippen molar-refractivity contribution < 1.29 is 4.79 Å². The Morgan fingerprint density at radius 1 is 1.14 bits per heavy atom. The highest BCUT2D eigenvalue weighted by molar-refractivity contribution is 6.22. The number of alkyl halides is 1. The zero-order valence-corrected chi connectivity index (χ0v) is 12.8. The smallest absolute Gasteiger partial charge is 0.251 e. The van der Waals surface area contributed by atoms with E-state index in [1.807, 2.05) is 30.3 Å². The summed E-state index contributed by atoms with van der Waals surface area (Å²) < 4.78 is 0. The Kier molecular flexibility index (Phi) is 3.98. The number of hydrogen-bond donors (Lipinski definition) is 1. The molecule has 1 aliphatic rings. The van der Waals surface area contributed by atoms with Crippen molar-refractivity contribution >= 4 is 17.5 Å². The number of carbonyl (C=O) groups is 1. The van der Waals surface area contributed by atoms with Crippen LogP contribution in [-0.4, -0.2) is 12.5 Å². The highest BCUT2D eigenvalue weighted by Gasteiger charge is 2.18. The van der Waals surface area contributed by atoms with Gasteiger partial charge in [0.1, 0.15) is 0 Å². The van der Waals surface area contributed by atoms with E-state index < -0.39 is 0 Å². The van der Waals surface area contributed by atoms with Gasteiger partial charge in [0.15, 0.2) is 0 Å². The molecule has 0 saturated carbocycles. The lowest BCUT2D eigenvalue weighted by Gasteiger charge is -2.14. The molecule has 21 heavy (non-hydrogen) atoms. The molecule has 0 saturated heterocycles. The van der Waals surface area contributed by atoms with Crippen LogP contribution in [0.4, 0.5) is 0 Å². The van der Waals surface area contributed by atoms with Gasteiger partial charge < -0.3 is 5.32 Å². The van der Waals surface area contributed by atoms with Crippen LogP contribution in [-0.2, 0) is 6.42 Å². The van der Waals surface area contributed by atoms with Gasteiger partial charge in [-0.25, -0.2) is 0 Å². The van der Waals surface area contributed by atoms with Crippen molar-refractivity contribution in [3.8, 4) is 0 Å². The van der Waals surface area contributed by atoms with Gasteiger partial charge in [0.25, 0.3) is 5.91 Å². The van der Waals surface area contributed by atoms with Crippen LogP contribution >= 0.6 is 11.6 Å². The second-order valence-corrected chi connectivity index (χ2v) is 5.99. The molecule has 1 amide bonds. The molecule has 2 aromatic carbocycles. The van der Waals surface area contributed by atoms with Crippen molar-refractivity contribution in [2.75, 3.05) is 6.54 Å². The van der Waals surface area contributed by atoms with E-state index in [1.54, 1.807) is 0 Å². The Labute approximate surface area is 130 Å². The maximum absolute atomic E-state index is 12.1. The van der Waals surface area contributed by atoms with E-state index in [0.29, 0.717) is 0 Å². The van der Waals surface area contributed by atoms with Gasteiger partial charge in [-0.15, -0.1) is 11.6 Å². The van der Waals surface area contributed by atoms with Gasteiger partial charge in [0.05, 0.1) is 5.38 Å². The van der Waals surface area contributed by atoms with Crippen molar-refractivity contribution in [3.05, 3.63) is 70.3 Å². The molecule has 108 valence electrons. The first kappa shape index (κ1) is 14.2. The average molecular weight is 300 g/mol. The first-order valence-electron chi connectivity index (χ1n) is 7.27. The number of halogens is 1. The fraction of sp³-hybridized carbons (Fsp3) is 0.278. The summed E-state index contributed by atoms with van der Waals surface area (Å²) in [7, 11) is 0. The topological polar surface area (TPSA) is 29.1 Å². The zero-order chi connectivity index (χ0) is 14.8. The van der Waals surface area contributed by atoms with Crippen LogP contribution in [0.1, 0.15) is 44.4 Å². The van der Waals surface area contributed by atoms with Crippen LogP contribution in [0.2, 0.25) is 0 Å². The summed E-state index contributed by atoms with van der Waals surface area (Å²) in [6.45, 7) is 2.79. The SMILES string of the molecule is Cc1cccc(C(Cl)c2ccc3c(c2)C(=O)NCCC3)c1. The van der Waals surface area contributed by atoms with Gasteiger partial charge >= 0.3 is 0 Å². The minimum Gasteiger partial charge on any atom is -0.352 e. The summed E-state index contributed by atoms with van der Waals surface area (Å²) in [5.74, 6) is 0.0115. The molecule has 0 bridgehead atoms. The van der Waals surface area contributed by atoms with E-state index in [2.05, 4.69) is 24.4 Å². The van der Waals surface area contributed by atoms with Crippen LogP contribution in [0.15, 0.2) is 42.5 Å². The predicted molar refractivity (Wildman–Crippen MR) is 86.0 cm³/mol. The van der Waals surface area contributed by atoms with Crippen LogP contribution < -0.4 is 5.32 Å². The molecule has 0 aliphatic carbocycles. The Balaban J connectivity index is 1.98. The molecule has 1 aliphatic heterocycles. The van der Waals surface area contributed by atoms with E-state index >= 15 is 0 Å². The van der Waals surface area contributed by atoms with Gasteiger partial charge in [-0.05, 0) is 42.5 Å². The molecule has 1 unspecified atom stereocenters. The normalized spacial score (nSPS) is 15.8. The Bertz CT molecular complexity index is 681. The Hall–Kier alpha value is -1.80. The van der Waals surface area contributed by atoms with Crippen LogP contribution in [0.3, 0.4) is 0 Å². The van der Waals surface area contributed by atoms with Crippen LogP contribution in [0, 0.1) is 6.92 Å². The summed E-state index contributed by atoms with van der Waals surface area (Å²) in [5.41, 5.74) is 5.10. The number of hydrogen-bond acceptors (Lipinski definition) is 1. The van der Waals surface area contributed by atoms with Crippen molar-refractivity contribution in [3.63, 3.8) is 0 Å². The third-order valence-electron chi connectivity index (χ3n) is 3.91. The van der Waals surface area contributed by atoms with Crippen molar-refractivity contribution in [1.82, 2.24) is 5.32 Å². The third-order valence-corrected chi connectivity index (χ3v) is 4.42. The van der Waals surface area contributed by atoms with E-state index in [4.69, 9.17) is 11.6 Å². The van der Waals surface area contributed by atoms with Gasteiger partial charge in [0, 0.05) is 12.1 Å². The minimum atomic E-state index is -0.230. The van der Waals surface area contributed by atoms with E-state index in [0.717, 1.165) is 41.6 Å². The summed E-state index contributed by atoms with van der Waals surface area (Å²) >= 11 is 6.60. The van der Waals surface area contributed by atoms with Gasteiger partial charge in [-0.1, -0.05) is 42.0 Å². The number of amides is 1. The number of carbonyl (C=O) groups excluding carboxylic acids is 1. The van der Waals surface area contributed by atoms with Gasteiger partial charge in [-0.2, -0.15) is 0 Å². The summed E-state index contributed by atoms with van der Waals surface area (Å²) in [4.78, 5) is 12.1.